The molecule has 3 heterocycles. The summed E-state index contributed by atoms with van der Waals surface area (Å²) in [5.41, 5.74) is 1.21. The number of hydrogen-bond acceptors (Lipinski definition) is 6. The van der Waals surface area contributed by atoms with Crippen LogP contribution in [-0.2, 0) is 6.54 Å². The fraction of sp³-hybridized carbons (Fsp3) is 0.609. The van der Waals surface area contributed by atoms with Gasteiger partial charge in [-0.25, -0.2) is 4.98 Å². The van der Waals surface area contributed by atoms with E-state index in [2.05, 4.69) is 57.2 Å². The predicted molar refractivity (Wildman–Crippen MR) is 118 cm³/mol. The first-order chi connectivity index (χ1) is 14.2. The van der Waals surface area contributed by atoms with Crippen molar-refractivity contribution in [3.05, 3.63) is 41.4 Å². The Balaban J connectivity index is 1.20. The Morgan fingerprint density at radius 1 is 1.03 bits per heavy atom. The van der Waals surface area contributed by atoms with E-state index in [0.29, 0.717) is 12.0 Å². The minimum atomic E-state index is -0.160. The van der Waals surface area contributed by atoms with Gasteiger partial charge in [-0.1, -0.05) is 30.3 Å². The minimum Gasteiger partial charge on any atom is -0.391 e. The second-order valence-corrected chi connectivity index (χ2v) is 10.3. The molecular weight excluding hydrogens is 380 g/mol. The third-order valence-corrected chi connectivity index (χ3v) is 8.18. The topological polar surface area (TPSA) is 42.8 Å². The van der Waals surface area contributed by atoms with E-state index in [4.69, 9.17) is 0 Å². The Hall–Kier alpha value is -1.31. The van der Waals surface area contributed by atoms with E-state index in [1.807, 2.05) is 17.4 Å². The fourth-order valence-electron chi connectivity index (χ4n) is 5.49. The number of nitrogens with zero attached hydrogens (tertiary/aromatic N) is 4. The lowest BCUT2D eigenvalue weighted by Gasteiger charge is -2.44. The molecule has 2 aliphatic heterocycles. The van der Waals surface area contributed by atoms with Gasteiger partial charge < -0.3 is 10.0 Å². The lowest BCUT2D eigenvalue weighted by molar-refractivity contribution is -0.0249. The van der Waals surface area contributed by atoms with Gasteiger partial charge in [0.05, 0.1) is 6.10 Å². The second-order valence-electron chi connectivity index (χ2n) is 9.16. The predicted octanol–water partition coefficient (Wildman–Crippen LogP) is 2.63. The minimum absolute atomic E-state index is 0.160. The van der Waals surface area contributed by atoms with E-state index in [1.165, 1.54) is 17.0 Å². The van der Waals surface area contributed by atoms with E-state index < -0.39 is 0 Å². The van der Waals surface area contributed by atoms with E-state index >= 15 is 0 Å². The van der Waals surface area contributed by atoms with Crippen LogP contribution in [0.2, 0.25) is 0 Å². The van der Waals surface area contributed by atoms with Crippen molar-refractivity contribution < 1.29 is 5.11 Å². The van der Waals surface area contributed by atoms with Crippen molar-refractivity contribution in [1.29, 1.82) is 0 Å². The van der Waals surface area contributed by atoms with Gasteiger partial charge >= 0.3 is 0 Å². The number of likely N-dealkylation sites (N-methyl/N-ethyl adjacent to an activating group) is 1. The first-order valence-electron chi connectivity index (χ1n) is 11.0. The average molecular weight is 413 g/mol. The Morgan fingerprint density at radius 3 is 2.52 bits per heavy atom. The molecule has 1 aliphatic carbocycles. The molecule has 29 heavy (non-hydrogen) atoms. The molecule has 5 rings (SSSR count). The zero-order valence-corrected chi connectivity index (χ0v) is 18.1. The molecule has 4 atom stereocenters. The zero-order chi connectivity index (χ0) is 19.8. The molecule has 3 aliphatic rings. The molecule has 1 aromatic carbocycles. The van der Waals surface area contributed by atoms with Crippen molar-refractivity contribution in [2.45, 2.75) is 31.5 Å². The molecular formula is C23H32N4OS. The molecule has 1 saturated carbocycles. The van der Waals surface area contributed by atoms with E-state index in [1.54, 1.807) is 0 Å². The summed E-state index contributed by atoms with van der Waals surface area (Å²) < 4.78 is 0. The monoisotopic (exact) mass is 412 g/mol. The molecule has 156 valence electrons. The highest BCUT2D eigenvalue weighted by Gasteiger charge is 2.43. The van der Waals surface area contributed by atoms with Gasteiger partial charge in [0, 0.05) is 68.5 Å². The Bertz CT molecular complexity index is 804. The summed E-state index contributed by atoms with van der Waals surface area (Å²) in [7, 11) is 2.20. The van der Waals surface area contributed by atoms with Gasteiger partial charge in [0.2, 0.25) is 0 Å². The SMILES string of the molecule is CN1CCN([C@@H]2C[C@@H]3CN(Cc4cnc(-c5ccccc5)s4)C[C@@H]3C[C@H]2O)CC1. The summed E-state index contributed by atoms with van der Waals surface area (Å²) in [6, 6.07) is 10.8. The van der Waals surface area contributed by atoms with E-state index in [-0.39, 0.29) is 6.10 Å². The van der Waals surface area contributed by atoms with Crippen LogP contribution < -0.4 is 0 Å². The van der Waals surface area contributed by atoms with E-state index in [9.17, 15) is 5.11 Å². The number of thiazole rings is 1. The van der Waals surface area contributed by atoms with Crippen molar-refractivity contribution in [3.63, 3.8) is 0 Å². The number of likely N-dealkylation sites (tertiary alicyclic amines) is 1. The molecule has 2 saturated heterocycles. The number of rotatable bonds is 4. The Morgan fingerprint density at radius 2 is 1.76 bits per heavy atom. The summed E-state index contributed by atoms with van der Waals surface area (Å²) in [5, 5.41) is 12.0. The molecule has 1 aromatic heterocycles. The molecule has 6 heteroatoms. The molecule has 1 N–H and O–H groups in total. The summed E-state index contributed by atoms with van der Waals surface area (Å²) in [5.74, 6) is 1.37. The van der Waals surface area contributed by atoms with Gasteiger partial charge in [0.1, 0.15) is 5.01 Å². The first-order valence-corrected chi connectivity index (χ1v) is 11.8. The molecule has 0 unspecified atom stereocenters. The summed E-state index contributed by atoms with van der Waals surface area (Å²) >= 11 is 1.82. The molecule has 0 radical (unpaired) electrons. The van der Waals surface area contributed by atoms with Crippen molar-refractivity contribution in [2.75, 3.05) is 46.3 Å². The van der Waals surface area contributed by atoms with Crippen molar-refractivity contribution >= 4 is 11.3 Å². The van der Waals surface area contributed by atoms with Crippen LogP contribution in [0.1, 0.15) is 17.7 Å². The number of aliphatic hydroxyl groups excluding tert-OH is 1. The highest BCUT2D eigenvalue weighted by molar-refractivity contribution is 7.15. The van der Waals surface area contributed by atoms with Gasteiger partial charge in [0.15, 0.2) is 0 Å². The van der Waals surface area contributed by atoms with Crippen LogP contribution in [-0.4, -0.2) is 83.3 Å². The van der Waals surface area contributed by atoms with Crippen LogP contribution in [0.15, 0.2) is 36.5 Å². The summed E-state index contributed by atoms with van der Waals surface area (Å²) in [6.45, 7) is 7.73. The van der Waals surface area contributed by atoms with Gasteiger partial charge in [-0.05, 0) is 31.7 Å². The van der Waals surface area contributed by atoms with Crippen LogP contribution in [0, 0.1) is 11.8 Å². The molecule has 0 amide bonds. The number of aliphatic hydroxyl groups is 1. The largest absolute Gasteiger partial charge is 0.391 e. The third kappa shape index (κ3) is 4.28. The molecule has 5 nitrogen and oxygen atoms in total. The lowest BCUT2D eigenvalue weighted by Crippen LogP contribution is -2.55. The fourth-order valence-corrected chi connectivity index (χ4v) is 6.45. The lowest BCUT2D eigenvalue weighted by atomic mass is 9.77. The first kappa shape index (κ1) is 19.6. The van der Waals surface area contributed by atoms with Crippen LogP contribution in [0.5, 0.6) is 0 Å². The van der Waals surface area contributed by atoms with Gasteiger partial charge in [-0.3, -0.25) is 9.80 Å². The number of fused-ring (bicyclic) bond motifs is 1. The molecule has 0 spiro atoms. The average Bonchev–Trinajstić information content (AvgIpc) is 3.35. The Labute approximate surface area is 178 Å². The van der Waals surface area contributed by atoms with Gasteiger partial charge in [-0.15, -0.1) is 11.3 Å². The van der Waals surface area contributed by atoms with Crippen LogP contribution in [0.3, 0.4) is 0 Å². The number of hydrogen-bond donors (Lipinski definition) is 1. The van der Waals surface area contributed by atoms with Crippen molar-refractivity contribution in [1.82, 2.24) is 19.7 Å². The third-order valence-electron chi connectivity index (χ3n) is 7.15. The molecule has 0 bridgehead atoms. The molecule has 3 fully saturated rings. The van der Waals surface area contributed by atoms with Crippen LogP contribution in [0.4, 0.5) is 0 Å². The summed E-state index contributed by atoms with van der Waals surface area (Å²) in [4.78, 5) is 13.5. The smallest absolute Gasteiger partial charge is 0.123 e. The maximum Gasteiger partial charge on any atom is 0.123 e. The standard InChI is InChI=1S/C23H32N4OS/c1-25-7-9-27(10-8-25)21-11-18-14-26(15-19(18)12-22(21)28)16-20-13-24-23(29-20)17-5-3-2-4-6-17/h2-6,13,18-19,21-22,28H,7-12,14-16H2,1H3/t18-,19+,21-,22-/m1/s1. The van der Waals surface area contributed by atoms with Crippen molar-refractivity contribution in [3.8, 4) is 10.6 Å². The molecule has 2 aromatic rings. The highest BCUT2D eigenvalue weighted by atomic mass is 32.1. The van der Waals surface area contributed by atoms with Crippen LogP contribution in [0.25, 0.3) is 10.6 Å². The van der Waals surface area contributed by atoms with Gasteiger partial charge in [0.25, 0.3) is 0 Å². The zero-order valence-electron chi connectivity index (χ0n) is 17.3. The van der Waals surface area contributed by atoms with Crippen LogP contribution >= 0.6 is 11.3 Å². The number of aromatic nitrogens is 1. The van der Waals surface area contributed by atoms with E-state index in [0.717, 1.165) is 63.0 Å². The highest BCUT2D eigenvalue weighted by Crippen LogP contribution is 2.39. The Kier molecular flexibility index (Phi) is 5.71. The number of piperazine rings is 1. The summed E-state index contributed by atoms with van der Waals surface area (Å²) in [6.07, 6.45) is 4.02. The maximum atomic E-state index is 10.9. The van der Waals surface area contributed by atoms with Gasteiger partial charge in [-0.2, -0.15) is 0 Å². The second kappa shape index (κ2) is 8.44. The normalized spacial score (nSPS) is 31.8. The number of benzene rings is 1. The maximum absolute atomic E-state index is 10.9. The van der Waals surface area contributed by atoms with Crippen molar-refractivity contribution in [2.24, 2.45) is 11.8 Å². The quantitative estimate of drug-likeness (QED) is 0.836.